The van der Waals surface area contributed by atoms with Crippen molar-refractivity contribution in [3.63, 3.8) is 0 Å². The van der Waals surface area contributed by atoms with Gasteiger partial charge in [-0.1, -0.05) is 17.3 Å². The summed E-state index contributed by atoms with van der Waals surface area (Å²) >= 11 is 0. The molecule has 8 nitrogen and oxygen atoms in total. The molecule has 1 saturated heterocycles. The number of nitrogens with zero attached hydrogens (tertiary/aromatic N) is 4. The standard InChI is InChI=1S/C15H16N4O4/c1-10-16-13(17-23-10)11-2-4-12(5-3-11)14(20)18-6-8-19(9-7-18)15(21)22/h2-5H,6-9H2,1H3,(H,21,22). The number of aromatic nitrogens is 2. The summed E-state index contributed by atoms with van der Waals surface area (Å²) in [7, 11) is 0. The lowest BCUT2D eigenvalue weighted by molar-refractivity contribution is 0.0625. The Hall–Kier alpha value is -2.90. The zero-order chi connectivity index (χ0) is 16.4. The number of amides is 2. The Balaban J connectivity index is 1.68. The quantitative estimate of drug-likeness (QED) is 0.901. The van der Waals surface area contributed by atoms with E-state index in [-0.39, 0.29) is 5.91 Å². The highest BCUT2D eigenvalue weighted by Gasteiger charge is 2.24. The van der Waals surface area contributed by atoms with Crippen LogP contribution in [0.2, 0.25) is 0 Å². The zero-order valence-electron chi connectivity index (χ0n) is 12.6. The normalized spacial score (nSPS) is 14.8. The van der Waals surface area contributed by atoms with E-state index in [1.54, 1.807) is 36.1 Å². The van der Waals surface area contributed by atoms with Crippen LogP contribution in [0.15, 0.2) is 28.8 Å². The molecular weight excluding hydrogens is 300 g/mol. The average molecular weight is 316 g/mol. The Bertz CT molecular complexity index is 717. The first kappa shape index (κ1) is 15.0. The minimum atomic E-state index is -0.947. The van der Waals surface area contributed by atoms with Crippen molar-refractivity contribution in [1.82, 2.24) is 19.9 Å². The number of benzene rings is 1. The molecule has 0 atom stereocenters. The maximum absolute atomic E-state index is 12.4. The molecule has 0 radical (unpaired) electrons. The summed E-state index contributed by atoms with van der Waals surface area (Å²) in [6.07, 6.45) is -0.947. The second-order valence-corrected chi connectivity index (χ2v) is 5.28. The van der Waals surface area contributed by atoms with Gasteiger partial charge in [-0.2, -0.15) is 4.98 Å². The fraction of sp³-hybridized carbons (Fsp3) is 0.333. The van der Waals surface area contributed by atoms with Crippen LogP contribution in [-0.4, -0.2) is 63.2 Å². The number of carboxylic acid groups (broad SMARTS) is 1. The van der Waals surface area contributed by atoms with Crippen molar-refractivity contribution in [2.75, 3.05) is 26.2 Å². The average Bonchev–Trinajstić information content (AvgIpc) is 3.01. The molecule has 0 unspecified atom stereocenters. The van der Waals surface area contributed by atoms with E-state index < -0.39 is 6.09 Å². The Kier molecular flexibility index (Phi) is 3.96. The van der Waals surface area contributed by atoms with Crippen molar-refractivity contribution in [2.24, 2.45) is 0 Å². The van der Waals surface area contributed by atoms with E-state index >= 15 is 0 Å². The largest absolute Gasteiger partial charge is 0.465 e. The number of carbonyl (C=O) groups excluding carboxylic acids is 1. The van der Waals surface area contributed by atoms with Gasteiger partial charge >= 0.3 is 6.09 Å². The monoisotopic (exact) mass is 316 g/mol. The van der Waals surface area contributed by atoms with Gasteiger partial charge in [0.1, 0.15) is 0 Å². The summed E-state index contributed by atoms with van der Waals surface area (Å²) in [5.41, 5.74) is 1.33. The predicted molar refractivity (Wildman–Crippen MR) is 80.0 cm³/mol. The van der Waals surface area contributed by atoms with Gasteiger partial charge in [-0.05, 0) is 12.1 Å². The number of piperazine rings is 1. The minimum Gasteiger partial charge on any atom is -0.465 e. The lowest BCUT2D eigenvalue weighted by Gasteiger charge is -2.33. The van der Waals surface area contributed by atoms with E-state index in [4.69, 9.17) is 9.63 Å². The van der Waals surface area contributed by atoms with Gasteiger partial charge in [-0.15, -0.1) is 0 Å². The van der Waals surface area contributed by atoms with Crippen LogP contribution in [0.1, 0.15) is 16.2 Å². The van der Waals surface area contributed by atoms with Crippen LogP contribution in [0.25, 0.3) is 11.4 Å². The van der Waals surface area contributed by atoms with Crippen molar-refractivity contribution >= 4 is 12.0 Å². The third-order valence-electron chi connectivity index (χ3n) is 3.76. The third kappa shape index (κ3) is 3.15. The van der Waals surface area contributed by atoms with E-state index in [1.807, 2.05) is 0 Å². The van der Waals surface area contributed by atoms with Crippen molar-refractivity contribution in [2.45, 2.75) is 6.92 Å². The summed E-state index contributed by atoms with van der Waals surface area (Å²) in [6, 6.07) is 6.97. The van der Waals surface area contributed by atoms with Crippen LogP contribution in [0.3, 0.4) is 0 Å². The molecule has 1 N–H and O–H groups in total. The van der Waals surface area contributed by atoms with Gasteiger partial charge < -0.3 is 19.4 Å². The molecule has 0 aliphatic carbocycles. The highest BCUT2D eigenvalue weighted by Crippen LogP contribution is 2.17. The highest BCUT2D eigenvalue weighted by atomic mass is 16.5. The number of carbonyl (C=O) groups is 2. The topological polar surface area (TPSA) is 99.8 Å². The molecule has 0 saturated carbocycles. The predicted octanol–water partition coefficient (Wildman–Crippen LogP) is 1.48. The maximum Gasteiger partial charge on any atom is 0.407 e. The fourth-order valence-electron chi connectivity index (χ4n) is 2.46. The summed E-state index contributed by atoms with van der Waals surface area (Å²) in [5, 5.41) is 12.8. The number of hydrogen-bond donors (Lipinski definition) is 1. The minimum absolute atomic E-state index is 0.106. The van der Waals surface area contributed by atoms with E-state index in [1.165, 1.54) is 4.90 Å². The molecule has 1 aliphatic heterocycles. The van der Waals surface area contributed by atoms with Crippen molar-refractivity contribution in [3.05, 3.63) is 35.7 Å². The van der Waals surface area contributed by atoms with Crippen molar-refractivity contribution in [3.8, 4) is 11.4 Å². The van der Waals surface area contributed by atoms with Gasteiger partial charge in [0.05, 0.1) is 0 Å². The second-order valence-electron chi connectivity index (χ2n) is 5.28. The summed E-state index contributed by atoms with van der Waals surface area (Å²) in [5.74, 6) is 0.860. The highest BCUT2D eigenvalue weighted by molar-refractivity contribution is 5.94. The molecular formula is C15H16N4O4. The molecule has 0 spiro atoms. The first-order valence-electron chi connectivity index (χ1n) is 7.22. The zero-order valence-corrected chi connectivity index (χ0v) is 12.6. The van der Waals surface area contributed by atoms with E-state index in [0.29, 0.717) is 43.5 Å². The summed E-state index contributed by atoms with van der Waals surface area (Å²) in [6.45, 7) is 3.18. The smallest absolute Gasteiger partial charge is 0.407 e. The number of rotatable bonds is 2. The van der Waals surface area contributed by atoms with E-state index in [9.17, 15) is 9.59 Å². The molecule has 1 aromatic carbocycles. The van der Waals surface area contributed by atoms with Crippen LogP contribution in [-0.2, 0) is 0 Å². The lowest BCUT2D eigenvalue weighted by atomic mass is 10.1. The molecule has 3 rings (SSSR count). The van der Waals surface area contributed by atoms with Gasteiger partial charge in [0.15, 0.2) is 0 Å². The molecule has 1 aliphatic rings. The molecule has 8 heteroatoms. The summed E-state index contributed by atoms with van der Waals surface area (Å²) < 4.78 is 4.93. The molecule has 120 valence electrons. The van der Waals surface area contributed by atoms with E-state index in [0.717, 1.165) is 5.56 Å². The Morgan fingerprint density at radius 2 is 1.70 bits per heavy atom. The molecule has 1 fully saturated rings. The Labute approximate surface area is 132 Å². The molecule has 2 aromatic rings. The summed E-state index contributed by atoms with van der Waals surface area (Å²) in [4.78, 5) is 30.4. The lowest BCUT2D eigenvalue weighted by Crippen LogP contribution is -2.50. The van der Waals surface area contributed by atoms with Crippen LogP contribution < -0.4 is 0 Å². The van der Waals surface area contributed by atoms with Gasteiger partial charge in [-0.3, -0.25) is 4.79 Å². The second kappa shape index (κ2) is 6.07. The number of hydrogen-bond acceptors (Lipinski definition) is 5. The molecule has 2 amide bonds. The van der Waals surface area contributed by atoms with Crippen molar-refractivity contribution < 1.29 is 19.2 Å². The molecule has 0 bridgehead atoms. The fourth-order valence-corrected chi connectivity index (χ4v) is 2.46. The van der Waals surface area contributed by atoms with Gasteiger partial charge in [0, 0.05) is 44.2 Å². The number of aryl methyl sites for hydroxylation is 1. The van der Waals surface area contributed by atoms with Crippen LogP contribution in [0.5, 0.6) is 0 Å². The Morgan fingerprint density at radius 3 is 2.22 bits per heavy atom. The molecule has 2 heterocycles. The SMILES string of the molecule is Cc1nc(-c2ccc(C(=O)N3CCN(C(=O)O)CC3)cc2)no1. The van der Waals surface area contributed by atoms with Gasteiger partial charge in [0.25, 0.3) is 5.91 Å². The third-order valence-corrected chi connectivity index (χ3v) is 3.76. The maximum atomic E-state index is 12.4. The van der Waals surface area contributed by atoms with Gasteiger partial charge in [-0.25, -0.2) is 4.79 Å². The van der Waals surface area contributed by atoms with Crippen LogP contribution in [0.4, 0.5) is 4.79 Å². The van der Waals surface area contributed by atoms with Crippen LogP contribution >= 0.6 is 0 Å². The molecule has 23 heavy (non-hydrogen) atoms. The van der Waals surface area contributed by atoms with E-state index in [2.05, 4.69) is 10.1 Å². The first-order chi connectivity index (χ1) is 11.0. The Morgan fingerprint density at radius 1 is 1.09 bits per heavy atom. The van der Waals surface area contributed by atoms with Crippen molar-refractivity contribution in [1.29, 1.82) is 0 Å². The van der Waals surface area contributed by atoms with Crippen LogP contribution in [0, 0.1) is 6.92 Å². The molecule has 1 aromatic heterocycles. The van der Waals surface area contributed by atoms with Gasteiger partial charge in [0.2, 0.25) is 11.7 Å². The first-order valence-corrected chi connectivity index (χ1v) is 7.22.